The summed E-state index contributed by atoms with van der Waals surface area (Å²) >= 11 is 0. The monoisotopic (exact) mass is 263 g/mol. The highest BCUT2D eigenvalue weighted by Crippen LogP contribution is 2.19. The Balaban J connectivity index is 1.95. The summed E-state index contributed by atoms with van der Waals surface area (Å²) in [4.78, 5) is 12.0. The minimum absolute atomic E-state index is 0.136. The fraction of sp³-hybridized carbons (Fsp3) is 0.533. The first-order valence-corrected chi connectivity index (χ1v) is 6.66. The van der Waals surface area contributed by atoms with Gasteiger partial charge >= 0.3 is 0 Å². The topological polar surface area (TPSA) is 58.6 Å². The number of hydrogen-bond donors (Lipinski definition) is 2. The highest BCUT2D eigenvalue weighted by Gasteiger charge is 2.30. The number of aliphatic hydroxyl groups is 1. The molecule has 0 saturated carbocycles. The molecular formula is C15H21NO3. The summed E-state index contributed by atoms with van der Waals surface area (Å²) in [5.74, 6) is -0.136. The van der Waals surface area contributed by atoms with E-state index in [0.717, 1.165) is 5.56 Å². The number of nitrogens with one attached hydrogen (secondary N) is 1. The van der Waals surface area contributed by atoms with Crippen molar-refractivity contribution in [1.29, 1.82) is 0 Å². The van der Waals surface area contributed by atoms with E-state index < -0.39 is 5.60 Å². The van der Waals surface area contributed by atoms with Crippen LogP contribution in [0.15, 0.2) is 18.2 Å². The van der Waals surface area contributed by atoms with Crippen LogP contribution in [0.2, 0.25) is 0 Å². The number of carbonyl (C=O) groups is 1. The lowest BCUT2D eigenvalue weighted by atomic mass is 9.94. The third kappa shape index (κ3) is 3.55. The lowest BCUT2D eigenvalue weighted by Crippen LogP contribution is -2.46. The van der Waals surface area contributed by atoms with Crippen molar-refractivity contribution in [2.24, 2.45) is 0 Å². The van der Waals surface area contributed by atoms with Crippen LogP contribution in [0.25, 0.3) is 0 Å². The number of hydrogen-bond acceptors (Lipinski definition) is 3. The number of amides is 1. The number of ether oxygens (including phenoxy) is 1. The predicted octanol–water partition coefficient (Wildman–Crippen LogP) is 1.57. The quantitative estimate of drug-likeness (QED) is 0.870. The standard InChI is InChI=1S/C15H21NO3/c1-11-3-4-13(9-12(11)2)14(17)16-10-15(18)5-7-19-8-6-15/h3-4,9,18H,5-8,10H2,1-2H3,(H,16,17). The molecule has 4 nitrogen and oxygen atoms in total. The van der Waals surface area contributed by atoms with Gasteiger partial charge in [-0.05, 0) is 37.1 Å². The van der Waals surface area contributed by atoms with Crippen molar-refractivity contribution >= 4 is 5.91 Å². The van der Waals surface area contributed by atoms with E-state index in [1.165, 1.54) is 5.56 Å². The maximum Gasteiger partial charge on any atom is 0.251 e. The minimum atomic E-state index is -0.826. The zero-order valence-electron chi connectivity index (χ0n) is 11.5. The van der Waals surface area contributed by atoms with E-state index in [-0.39, 0.29) is 12.5 Å². The number of carbonyl (C=O) groups excluding carboxylic acids is 1. The third-order valence-corrected chi connectivity index (χ3v) is 3.77. The average molecular weight is 263 g/mol. The molecule has 1 amide bonds. The fourth-order valence-corrected chi connectivity index (χ4v) is 2.16. The summed E-state index contributed by atoms with van der Waals surface area (Å²) in [6, 6.07) is 5.62. The largest absolute Gasteiger partial charge is 0.388 e. The normalized spacial score (nSPS) is 18.1. The van der Waals surface area contributed by atoms with Crippen LogP contribution in [0, 0.1) is 13.8 Å². The van der Waals surface area contributed by atoms with Crippen molar-refractivity contribution in [3.05, 3.63) is 34.9 Å². The molecule has 0 aliphatic carbocycles. The van der Waals surface area contributed by atoms with Crippen LogP contribution in [-0.2, 0) is 4.74 Å². The van der Waals surface area contributed by atoms with Crippen molar-refractivity contribution < 1.29 is 14.6 Å². The van der Waals surface area contributed by atoms with E-state index in [1.54, 1.807) is 0 Å². The first kappa shape index (κ1) is 14.0. The first-order chi connectivity index (χ1) is 9.00. The molecule has 1 fully saturated rings. The van der Waals surface area contributed by atoms with Crippen molar-refractivity contribution in [3.63, 3.8) is 0 Å². The van der Waals surface area contributed by atoms with Gasteiger partial charge in [-0.15, -0.1) is 0 Å². The van der Waals surface area contributed by atoms with Gasteiger partial charge in [0.25, 0.3) is 5.91 Å². The smallest absolute Gasteiger partial charge is 0.251 e. The molecule has 0 radical (unpaired) electrons. The van der Waals surface area contributed by atoms with Crippen molar-refractivity contribution in [2.45, 2.75) is 32.3 Å². The Hall–Kier alpha value is -1.39. The molecule has 4 heteroatoms. The Bertz CT molecular complexity index is 464. The number of rotatable bonds is 3. The molecule has 1 aliphatic rings. The molecule has 2 N–H and O–H groups in total. The summed E-state index contributed by atoms with van der Waals surface area (Å²) in [7, 11) is 0. The molecular weight excluding hydrogens is 242 g/mol. The third-order valence-electron chi connectivity index (χ3n) is 3.77. The number of benzene rings is 1. The lowest BCUT2D eigenvalue weighted by Gasteiger charge is -2.32. The summed E-state index contributed by atoms with van der Waals surface area (Å²) in [6.45, 7) is 5.38. The van der Waals surface area contributed by atoms with E-state index in [1.807, 2.05) is 32.0 Å². The van der Waals surface area contributed by atoms with Crippen molar-refractivity contribution in [2.75, 3.05) is 19.8 Å². The van der Waals surface area contributed by atoms with Gasteiger partial charge in [0.1, 0.15) is 0 Å². The second kappa shape index (κ2) is 5.72. The molecule has 0 atom stereocenters. The molecule has 1 heterocycles. The summed E-state index contributed by atoms with van der Waals surface area (Å²) in [6.07, 6.45) is 1.14. The highest BCUT2D eigenvalue weighted by molar-refractivity contribution is 5.94. The molecule has 1 aromatic carbocycles. The van der Waals surface area contributed by atoms with Crippen molar-refractivity contribution in [1.82, 2.24) is 5.32 Å². The molecule has 2 rings (SSSR count). The molecule has 0 bridgehead atoms. The van der Waals surface area contributed by atoms with Gasteiger partial charge in [-0.1, -0.05) is 6.07 Å². The van der Waals surface area contributed by atoms with E-state index in [4.69, 9.17) is 4.74 Å². The zero-order valence-corrected chi connectivity index (χ0v) is 11.5. The van der Waals surface area contributed by atoms with Gasteiger partial charge < -0.3 is 15.2 Å². The summed E-state index contributed by atoms with van der Waals surface area (Å²) in [5.41, 5.74) is 2.07. The average Bonchev–Trinajstić information content (AvgIpc) is 2.40. The predicted molar refractivity (Wildman–Crippen MR) is 73.3 cm³/mol. The SMILES string of the molecule is Cc1ccc(C(=O)NCC2(O)CCOCC2)cc1C. The Morgan fingerprint density at radius 1 is 1.32 bits per heavy atom. The van der Waals surface area contributed by atoms with Gasteiger partial charge in [0.2, 0.25) is 0 Å². The van der Waals surface area contributed by atoms with Gasteiger partial charge in [-0.3, -0.25) is 4.79 Å². The minimum Gasteiger partial charge on any atom is -0.388 e. The van der Waals surface area contributed by atoms with Crippen LogP contribution in [0.5, 0.6) is 0 Å². The molecule has 0 aromatic heterocycles. The van der Waals surface area contributed by atoms with Gasteiger partial charge in [-0.2, -0.15) is 0 Å². The lowest BCUT2D eigenvalue weighted by molar-refractivity contribution is -0.0605. The van der Waals surface area contributed by atoms with Crippen LogP contribution >= 0.6 is 0 Å². The van der Waals surface area contributed by atoms with Crippen LogP contribution in [0.3, 0.4) is 0 Å². The number of aryl methyl sites for hydroxylation is 2. The summed E-state index contributed by atoms with van der Waals surface area (Å²) in [5, 5.41) is 13.1. The molecule has 19 heavy (non-hydrogen) atoms. The molecule has 0 spiro atoms. The van der Waals surface area contributed by atoms with E-state index in [0.29, 0.717) is 31.6 Å². The molecule has 104 valence electrons. The molecule has 1 aliphatic heterocycles. The Kier molecular flexibility index (Phi) is 4.22. The van der Waals surface area contributed by atoms with E-state index >= 15 is 0 Å². The van der Waals surface area contributed by atoms with Crippen LogP contribution < -0.4 is 5.32 Å². The summed E-state index contributed by atoms with van der Waals surface area (Å²) < 4.78 is 5.21. The highest BCUT2D eigenvalue weighted by atomic mass is 16.5. The van der Waals surface area contributed by atoms with Crippen LogP contribution in [0.4, 0.5) is 0 Å². The maximum atomic E-state index is 12.0. The first-order valence-electron chi connectivity index (χ1n) is 6.66. The second-order valence-electron chi connectivity index (χ2n) is 5.32. The van der Waals surface area contributed by atoms with Gasteiger partial charge in [0.05, 0.1) is 5.60 Å². The Labute approximate surface area is 113 Å². The fourth-order valence-electron chi connectivity index (χ4n) is 2.16. The van der Waals surface area contributed by atoms with Crippen molar-refractivity contribution in [3.8, 4) is 0 Å². The second-order valence-corrected chi connectivity index (χ2v) is 5.32. The van der Waals surface area contributed by atoms with E-state index in [2.05, 4.69) is 5.32 Å². The van der Waals surface area contributed by atoms with Crippen LogP contribution in [0.1, 0.15) is 34.3 Å². The van der Waals surface area contributed by atoms with Gasteiger partial charge in [0.15, 0.2) is 0 Å². The Morgan fingerprint density at radius 2 is 2.00 bits per heavy atom. The van der Waals surface area contributed by atoms with Gasteiger partial charge in [-0.25, -0.2) is 0 Å². The molecule has 0 unspecified atom stereocenters. The molecule has 1 aromatic rings. The maximum absolute atomic E-state index is 12.0. The van der Waals surface area contributed by atoms with E-state index in [9.17, 15) is 9.90 Å². The molecule has 1 saturated heterocycles. The van der Waals surface area contributed by atoms with Crippen LogP contribution in [-0.4, -0.2) is 36.4 Å². The Morgan fingerprint density at radius 3 is 2.63 bits per heavy atom. The zero-order chi connectivity index (χ0) is 13.9. The van der Waals surface area contributed by atoms with Gasteiger partial charge in [0, 0.05) is 38.2 Å².